The molecular weight excluding hydrogens is 116 g/mol. The molecule has 9 heavy (non-hydrogen) atoms. The van der Waals surface area contributed by atoms with Crippen LogP contribution in [0.15, 0.2) is 0 Å². The van der Waals surface area contributed by atoms with E-state index in [9.17, 15) is 0 Å². The van der Waals surface area contributed by atoms with E-state index >= 15 is 0 Å². The molecule has 0 saturated carbocycles. The smallest absolute Gasteiger partial charge is 0.0830 e. The Morgan fingerprint density at radius 1 is 1.67 bits per heavy atom. The Morgan fingerprint density at radius 2 is 2.33 bits per heavy atom. The Morgan fingerprint density at radius 3 is 2.67 bits per heavy atom. The highest BCUT2D eigenvalue weighted by atomic mass is 16.5. The lowest BCUT2D eigenvalue weighted by atomic mass is 10.2. The van der Waals surface area contributed by atoms with Crippen LogP contribution in [0.5, 0.6) is 0 Å². The summed E-state index contributed by atoms with van der Waals surface area (Å²) in [7, 11) is 0. The Kier molecular flexibility index (Phi) is 2.49. The maximum absolute atomic E-state index is 5.32. The van der Waals surface area contributed by atoms with E-state index in [0.29, 0.717) is 12.2 Å². The molecule has 0 N–H and O–H groups in total. The van der Waals surface area contributed by atoms with Gasteiger partial charge in [-0.05, 0) is 20.3 Å². The van der Waals surface area contributed by atoms with Crippen molar-refractivity contribution in [3.05, 3.63) is 0 Å². The molecule has 1 atom stereocenters. The first-order chi connectivity index (χ1) is 4.29. The van der Waals surface area contributed by atoms with Crippen LogP contribution >= 0.6 is 0 Å². The maximum Gasteiger partial charge on any atom is 0.0830 e. The fraction of sp³-hybridized carbons (Fsp3) is 1.00. The number of ether oxygens (including phenoxy) is 2. The van der Waals surface area contributed by atoms with Gasteiger partial charge in [-0.1, -0.05) is 0 Å². The van der Waals surface area contributed by atoms with Gasteiger partial charge in [0, 0.05) is 6.61 Å². The SMILES string of the molecule is CC(C)OC[C@H]1CCO1. The molecule has 1 rings (SSSR count). The van der Waals surface area contributed by atoms with E-state index in [1.165, 1.54) is 6.42 Å². The minimum Gasteiger partial charge on any atom is -0.376 e. The monoisotopic (exact) mass is 130 g/mol. The zero-order valence-electron chi connectivity index (χ0n) is 6.09. The van der Waals surface area contributed by atoms with Gasteiger partial charge in [0.1, 0.15) is 0 Å². The van der Waals surface area contributed by atoms with Crippen molar-refractivity contribution in [2.75, 3.05) is 13.2 Å². The molecule has 0 spiro atoms. The second-order valence-electron chi connectivity index (χ2n) is 2.66. The molecule has 1 aliphatic heterocycles. The van der Waals surface area contributed by atoms with E-state index in [1.807, 2.05) is 13.8 Å². The lowest BCUT2D eigenvalue weighted by Crippen LogP contribution is -2.32. The third-order valence-electron chi connectivity index (χ3n) is 1.41. The normalized spacial score (nSPS) is 26.3. The standard InChI is InChI=1S/C7H14O2/c1-6(2)9-5-7-3-4-8-7/h6-7H,3-5H2,1-2H3/t7-/m1/s1. The zero-order chi connectivity index (χ0) is 6.69. The molecular formula is C7H14O2. The Hall–Kier alpha value is -0.0800. The largest absolute Gasteiger partial charge is 0.376 e. The van der Waals surface area contributed by atoms with Crippen molar-refractivity contribution in [1.29, 1.82) is 0 Å². The van der Waals surface area contributed by atoms with E-state index < -0.39 is 0 Å². The second-order valence-corrected chi connectivity index (χ2v) is 2.66. The van der Waals surface area contributed by atoms with Crippen molar-refractivity contribution in [2.24, 2.45) is 0 Å². The van der Waals surface area contributed by atoms with Gasteiger partial charge in [-0.3, -0.25) is 0 Å². The molecule has 1 aliphatic rings. The second kappa shape index (κ2) is 3.18. The van der Waals surface area contributed by atoms with Gasteiger partial charge in [0.05, 0.1) is 18.8 Å². The van der Waals surface area contributed by atoms with Gasteiger partial charge in [0.15, 0.2) is 0 Å². The highest BCUT2D eigenvalue weighted by Gasteiger charge is 2.17. The van der Waals surface area contributed by atoms with E-state index in [2.05, 4.69) is 0 Å². The third kappa shape index (κ3) is 2.33. The van der Waals surface area contributed by atoms with Crippen LogP contribution in [0.4, 0.5) is 0 Å². The maximum atomic E-state index is 5.32. The molecule has 0 aromatic heterocycles. The molecule has 2 heteroatoms. The molecule has 1 heterocycles. The third-order valence-corrected chi connectivity index (χ3v) is 1.41. The van der Waals surface area contributed by atoms with Crippen molar-refractivity contribution in [2.45, 2.75) is 32.5 Å². The van der Waals surface area contributed by atoms with Gasteiger partial charge in [0.25, 0.3) is 0 Å². The molecule has 2 nitrogen and oxygen atoms in total. The number of hydrogen-bond donors (Lipinski definition) is 0. The van der Waals surface area contributed by atoms with Gasteiger partial charge in [-0.2, -0.15) is 0 Å². The molecule has 0 aliphatic carbocycles. The first-order valence-electron chi connectivity index (χ1n) is 3.52. The highest BCUT2D eigenvalue weighted by Crippen LogP contribution is 2.11. The summed E-state index contributed by atoms with van der Waals surface area (Å²) in [6.45, 7) is 5.78. The minimum atomic E-state index is 0.342. The molecule has 0 amide bonds. The predicted molar refractivity (Wildman–Crippen MR) is 35.4 cm³/mol. The minimum absolute atomic E-state index is 0.342. The van der Waals surface area contributed by atoms with Crippen molar-refractivity contribution in [3.8, 4) is 0 Å². The summed E-state index contributed by atoms with van der Waals surface area (Å²) in [4.78, 5) is 0. The number of hydrogen-bond acceptors (Lipinski definition) is 2. The lowest BCUT2D eigenvalue weighted by Gasteiger charge is -2.26. The first kappa shape index (κ1) is 7.03. The topological polar surface area (TPSA) is 18.5 Å². The van der Waals surface area contributed by atoms with E-state index in [4.69, 9.17) is 9.47 Å². The van der Waals surface area contributed by atoms with Gasteiger partial charge in [0.2, 0.25) is 0 Å². The average molecular weight is 130 g/mol. The van der Waals surface area contributed by atoms with Crippen LogP contribution in [0, 0.1) is 0 Å². The molecule has 0 radical (unpaired) electrons. The van der Waals surface area contributed by atoms with Crippen LogP contribution in [0.1, 0.15) is 20.3 Å². The van der Waals surface area contributed by atoms with Gasteiger partial charge in [-0.15, -0.1) is 0 Å². The lowest BCUT2D eigenvalue weighted by molar-refractivity contribution is -0.104. The summed E-state index contributed by atoms with van der Waals surface area (Å²) >= 11 is 0. The molecule has 54 valence electrons. The fourth-order valence-electron chi connectivity index (χ4n) is 0.716. The quantitative estimate of drug-likeness (QED) is 0.571. The van der Waals surface area contributed by atoms with Crippen molar-refractivity contribution < 1.29 is 9.47 Å². The van der Waals surface area contributed by atoms with Crippen LogP contribution in [-0.2, 0) is 9.47 Å². The summed E-state index contributed by atoms with van der Waals surface area (Å²) in [5.41, 5.74) is 0. The van der Waals surface area contributed by atoms with Gasteiger partial charge in [-0.25, -0.2) is 0 Å². The van der Waals surface area contributed by atoms with Crippen LogP contribution < -0.4 is 0 Å². The van der Waals surface area contributed by atoms with E-state index in [0.717, 1.165) is 13.2 Å². The molecule has 0 aromatic carbocycles. The molecule has 0 aromatic rings. The summed E-state index contributed by atoms with van der Waals surface area (Å²) in [5, 5.41) is 0. The van der Waals surface area contributed by atoms with Crippen molar-refractivity contribution in [3.63, 3.8) is 0 Å². The Bertz CT molecular complexity index is 77.0. The number of rotatable bonds is 3. The highest BCUT2D eigenvalue weighted by molar-refractivity contribution is 4.64. The van der Waals surface area contributed by atoms with Crippen LogP contribution in [-0.4, -0.2) is 25.4 Å². The van der Waals surface area contributed by atoms with Crippen LogP contribution in [0.25, 0.3) is 0 Å². The fourth-order valence-corrected chi connectivity index (χ4v) is 0.716. The van der Waals surface area contributed by atoms with Gasteiger partial charge < -0.3 is 9.47 Å². The Balaban J connectivity index is 1.91. The molecule has 0 bridgehead atoms. The summed E-state index contributed by atoms with van der Waals surface area (Å²) in [6, 6.07) is 0. The summed E-state index contributed by atoms with van der Waals surface area (Å²) in [5.74, 6) is 0. The van der Waals surface area contributed by atoms with Crippen LogP contribution in [0.3, 0.4) is 0 Å². The molecule has 0 unspecified atom stereocenters. The Labute approximate surface area is 56.2 Å². The van der Waals surface area contributed by atoms with Crippen molar-refractivity contribution in [1.82, 2.24) is 0 Å². The van der Waals surface area contributed by atoms with E-state index in [-0.39, 0.29) is 0 Å². The summed E-state index contributed by atoms with van der Waals surface area (Å²) < 4.78 is 10.5. The molecule has 1 fully saturated rings. The average Bonchev–Trinajstić information content (AvgIpc) is 1.60. The zero-order valence-corrected chi connectivity index (χ0v) is 6.09. The first-order valence-corrected chi connectivity index (χ1v) is 3.52. The van der Waals surface area contributed by atoms with Crippen molar-refractivity contribution >= 4 is 0 Å². The van der Waals surface area contributed by atoms with Gasteiger partial charge >= 0.3 is 0 Å². The molecule has 1 saturated heterocycles. The predicted octanol–water partition coefficient (Wildman–Crippen LogP) is 1.20. The van der Waals surface area contributed by atoms with E-state index in [1.54, 1.807) is 0 Å². The van der Waals surface area contributed by atoms with Crippen LogP contribution in [0.2, 0.25) is 0 Å². The summed E-state index contributed by atoms with van der Waals surface area (Å²) in [6.07, 6.45) is 1.91.